The third-order valence-electron chi connectivity index (χ3n) is 1.70. The van der Waals surface area contributed by atoms with Gasteiger partial charge in [-0.25, -0.2) is 0 Å². The highest BCUT2D eigenvalue weighted by atomic mass is 16.5. The van der Waals surface area contributed by atoms with Gasteiger partial charge in [-0.15, -0.1) is 0 Å². The molecule has 0 rings (SSSR count). The standard InChI is InChI=1S/C11H20O/c1-4-7-9-11(8-5-2)10-12-6-3/h5,8H,2,4,6-7,9-10H2,1,3H3/b11-8+. The highest BCUT2D eigenvalue weighted by Gasteiger charge is 1.94. The zero-order valence-electron chi connectivity index (χ0n) is 8.31. The summed E-state index contributed by atoms with van der Waals surface area (Å²) in [5.41, 5.74) is 1.36. The lowest BCUT2D eigenvalue weighted by Crippen LogP contribution is -1.97. The van der Waals surface area contributed by atoms with Crippen LogP contribution in [0.25, 0.3) is 0 Å². The van der Waals surface area contributed by atoms with Gasteiger partial charge in [0.1, 0.15) is 0 Å². The van der Waals surface area contributed by atoms with E-state index in [1.807, 2.05) is 13.0 Å². The van der Waals surface area contributed by atoms with Gasteiger partial charge in [0.15, 0.2) is 0 Å². The molecule has 12 heavy (non-hydrogen) atoms. The fraction of sp³-hybridized carbons (Fsp3) is 0.636. The van der Waals surface area contributed by atoms with E-state index >= 15 is 0 Å². The first-order valence-corrected chi connectivity index (χ1v) is 4.73. The topological polar surface area (TPSA) is 9.23 Å². The largest absolute Gasteiger partial charge is 0.377 e. The average molecular weight is 168 g/mol. The van der Waals surface area contributed by atoms with Gasteiger partial charge in [-0.05, 0) is 25.3 Å². The van der Waals surface area contributed by atoms with Gasteiger partial charge in [0.25, 0.3) is 0 Å². The van der Waals surface area contributed by atoms with E-state index in [9.17, 15) is 0 Å². The number of rotatable bonds is 7. The van der Waals surface area contributed by atoms with Crippen molar-refractivity contribution in [1.29, 1.82) is 0 Å². The fourth-order valence-electron chi connectivity index (χ4n) is 1.01. The van der Waals surface area contributed by atoms with E-state index < -0.39 is 0 Å². The minimum absolute atomic E-state index is 0.766. The summed E-state index contributed by atoms with van der Waals surface area (Å²) in [4.78, 5) is 0. The van der Waals surface area contributed by atoms with E-state index in [1.165, 1.54) is 18.4 Å². The van der Waals surface area contributed by atoms with Crippen molar-refractivity contribution < 1.29 is 4.74 Å². The van der Waals surface area contributed by atoms with Crippen molar-refractivity contribution in [1.82, 2.24) is 0 Å². The van der Waals surface area contributed by atoms with Crippen molar-refractivity contribution in [3.8, 4) is 0 Å². The molecule has 1 nitrogen and oxygen atoms in total. The van der Waals surface area contributed by atoms with E-state index in [4.69, 9.17) is 4.74 Å². The van der Waals surface area contributed by atoms with Crippen molar-refractivity contribution in [2.45, 2.75) is 33.1 Å². The van der Waals surface area contributed by atoms with Crippen molar-refractivity contribution in [2.24, 2.45) is 0 Å². The third-order valence-corrected chi connectivity index (χ3v) is 1.70. The van der Waals surface area contributed by atoms with Gasteiger partial charge in [0, 0.05) is 6.61 Å². The van der Waals surface area contributed by atoms with Crippen LogP contribution in [0.4, 0.5) is 0 Å². The molecule has 0 aliphatic heterocycles. The quantitative estimate of drug-likeness (QED) is 0.530. The molecule has 0 N–H and O–H groups in total. The maximum absolute atomic E-state index is 5.33. The maximum Gasteiger partial charge on any atom is 0.0679 e. The fourth-order valence-corrected chi connectivity index (χ4v) is 1.01. The van der Waals surface area contributed by atoms with Crippen LogP contribution in [-0.4, -0.2) is 13.2 Å². The molecule has 0 aliphatic rings. The number of hydrogen-bond donors (Lipinski definition) is 0. The molecule has 0 saturated carbocycles. The lowest BCUT2D eigenvalue weighted by atomic mass is 10.1. The van der Waals surface area contributed by atoms with Crippen LogP contribution in [0, 0.1) is 0 Å². The van der Waals surface area contributed by atoms with E-state index in [0.29, 0.717) is 0 Å². The van der Waals surface area contributed by atoms with E-state index in [0.717, 1.165) is 19.6 Å². The first-order chi connectivity index (χ1) is 5.85. The molecule has 1 heteroatoms. The first-order valence-electron chi connectivity index (χ1n) is 4.73. The second-order valence-corrected chi connectivity index (χ2v) is 2.80. The number of allylic oxidation sites excluding steroid dienone is 2. The Labute approximate surface area is 76.1 Å². The lowest BCUT2D eigenvalue weighted by Gasteiger charge is -2.05. The van der Waals surface area contributed by atoms with Crippen LogP contribution in [0.3, 0.4) is 0 Å². The lowest BCUT2D eigenvalue weighted by molar-refractivity contribution is 0.168. The molecule has 70 valence electrons. The maximum atomic E-state index is 5.33. The molecule has 0 saturated heterocycles. The van der Waals surface area contributed by atoms with Crippen LogP contribution in [0.5, 0.6) is 0 Å². The summed E-state index contributed by atoms with van der Waals surface area (Å²) >= 11 is 0. The van der Waals surface area contributed by atoms with E-state index in [1.54, 1.807) is 0 Å². The van der Waals surface area contributed by atoms with Gasteiger partial charge < -0.3 is 4.74 Å². The van der Waals surface area contributed by atoms with Gasteiger partial charge in [0.05, 0.1) is 6.61 Å². The van der Waals surface area contributed by atoms with E-state index in [-0.39, 0.29) is 0 Å². The molecule has 0 bridgehead atoms. The third kappa shape index (κ3) is 6.17. The normalized spacial score (nSPS) is 11.7. The molecule has 0 atom stereocenters. The predicted octanol–water partition coefficient (Wildman–Crippen LogP) is 3.33. The first kappa shape index (κ1) is 11.4. The van der Waals surface area contributed by atoms with Crippen LogP contribution in [0.15, 0.2) is 24.3 Å². The molecule has 0 heterocycles. The van der Waals surface area contributed by atoms with Gasteiger partial charge in [-0.3, -0.25) is 0 Å². The Morgan fingerprint density at radius 1 is 1.42 bits per heavy atom. The molecule has 0 amide bonds. The Morgan fingerprint density at radius 2 is 2.17 bits per heavy atom. The zero-order chi connectivity index (χ0) is 9.23. The molecule has 0 radical (unpaired) electrons. The van der Waals surface area contributed by atoms with Crippen molar-refractivity contribution in [3.05, 3.63) is 24.3 Å². The highest BCUT2D eigenvalue weighted by molar-refractivity contribution is 5.10. The number of hydrogen-bond acceptors (Lipinski definition) is 1. The predicted molar refractivity (Wildman–Crippen MR) is 54.3 cm³/mol. The summed E-state index contributed by atoms with van der Waals surface area (Å²) in [6.45, 7) is 9.46. The van der Waals surface area contributed by atoms with Crippen LogP contribution < -0.4 is 0 Å². The molecular formula is C11H20O. The van der Waals surface area contributed by atoms with Gasteiger partial charge in [-0.2, -0.15) is 0 Å². The van der Waals surface area contributed by atoms with Crippen LogP contribution in [0.1, 0.15) is 33.1 Å². The minimum atomic E-state index is 0.766. The highest BCUT2D eigenvalue weighted by Crippen LogP contribution is 2.07. The second-order valence-electron chi connectivity index (χ2n) is 2.80. The Morgan fingerprint density at radius 3 is 2.67 bits per heavy atom. The van der Waals surface area contributed by atoms with Crippen molar-refractivity contribution >= 4 is 0 Å². The van der Waals surface area contributed by atoms with Crippen molar-refractivity contribution in [2.75, 3.05) is 13.2 Å². The number of unbranched alkanes of at least 4 members (excludes halogenated alkanes) is 1. The Bertz CT molecular complexity index is 126. The van der Waals surface area contributed by atoms with Crippen LogP contribution in [0.2, 0.25) is 0 Å². The van der Waals surface area contributed by atoms with Gasteiger partial charge in [-0.1, -0.05) is 32.1 Å². The smallest absolute Gasteiger partial charge is 0.0679 e. The van der Waals surface area contributed by atoms with Crippen LogP contribution in [-0.2, 0) is 4.74 Å². The molecule has 0 spiro atoms. The Hall–Kier alpha value is -0.560. The summed E-state index contributed by atoms with van der Waals surface area (Å²) in [5, 5.41) is 0. The Kier molecular flexibility index (Phi) is 8.14. The molecule has 0 aliphatic carbocycles. The van der Waals surface area contributed by atoms with Crippen molar-refractivity contribution in [3.63, 3.8) is 0 Å². The molecule has 0 unspecified atom stereocenters. The minimum Gasteiger partial charge on any atom is -0.377 e. The molecule has 0 aromatic carbocycles. The summed E-state index contributed by atoms with van der Waals surface area (Å²) in [5.74, 6) is 0. The summed E-state index contributed by atoms with van der Waals surface area (Å²) in [6, 6.07) is 0. The van der Waals surface area contributed by atoms with E-state index in [2.05, 4.69) is 19.6 Å². The average Bonchev–Trinajstić information content (AvgIpc) is 2.10. The molecule has 0 aromatic rings. The summed E-state index contributed by atoms with van der Waals surface area (Å²) in [6.07, 6.45) is 7.52. The Balaban J connectivity index is 3.70. The summed E-state index contributed by atoms with van der Waals surface area (Å²) in [7, 11) is 0. The second kappa shape index (κ2) is 8.54. The number of ether oxygens (including phenoxy) is 1. The molecule has 0 fully saturated rings. The monoisotopic (exact) mass is 168 g/mol. The summed E-state index contributed by atoms with van der Waals surface area (Å²) < 4.78 is 5.33. The molecular weight excluding hydrogens is 148 g/mol. The van der Waals surface area contributed by atoms with Gasteiger partial charge >= 0.3 is 0 Å². The molecule has 0 aromatic heterocycles. The SMILES string of the molecule is C=C/C=C(\CCCC)COCC. The zero-order valence-corrected chi connectivity index (χ0v) is 8.31. The van der Waals surface area contributed by atoms with Gasteiger partial charge in [0.2, 0.25) is 0 Å². The van der Waals surface area contributed by atoms with Crippen LogP contribution >= 0.6 is 0 Å².